The van der Waals surface area contributed by atoms with Crippen molar-refractivity contribution >= 4 is 17.2 Å². The summed E-state index contributed by atoms with van der Waals surface area (Å²) in [6, 6.07) is 10.3. The van der Waals surface area contributed by atoms with Gasteiger partial charge in [0.1, 0.15) is 0 Å². The minimum absolute atomic E-state index is 0.0121. The van der Waals surface area contributed by atoms with E-state index in [9.17, 15) is 4.79 Å². The fourth-order valence-electron chi connectivity index (χ4n) is 3.01. The predicted octanol–water partition coefficient (Wildman–Crippen LogP) is 3.13. The minimum Gasteiger partial charge on any atom is -0.379 e. The number of carbonyl (C=O) groups excluding carboxylic acids is 1. The third-order valence-corrected chi connectivity index (χ3v) is 5.31. The summed E-state index contributed by atoms with van der Waals surface area (Å²) in [4.78, 5) is 17.1. The zero-order chi connectivity index (χ0) is 16.9. The Morgan fingerprint density at radius 1 is 1.21 bits per heavy atom. The molecule has 1 aromatic heterocycles. The Labute approximate surface area is 147 Å². The number of morpholine rings is 1. The molecule has 5 heteroatoms. The molecule has 1 saturated heterocycles. The molecular weight excluding hydrogens is 320 g/mol. The van der Waals surface area contributed by atoms with Crippen molar-refractivity contribution in [2.24, 2.45) is 0 Å². The zero-order valence-electron chi connectivity index (χ0n) is 14.3. The van der Waals surface area contributed by atoms with E-state index in [0.717, 1.165) is 43.3 Å². The third kappa shape index (κ3) is 4.23. The van der Waals surface area contributed by atoms with E-state index >= 15 is 0 Å². The fraction of sp³-hybridized carbons (Fsp3) is 0.421. The second kappa shape index (κ2) is 7.92. The number of nitrogens with one attached hydrogen (secondary N) is 1. The zero-order valence-corrected chi connectivity index (χ0v) is 15.1. The maximum absolute atomic E-state index is 12.4. The topological polar surface area (TPSA) is 41.6 Å². The second-order valence-corrected chi connectivity index (χ2v) is 7.63. The molecule has 2 heterocycles. The molecule has 0 aliphatic carbocycles. The molecule has 3 rings (SSSR count). The van der Waals surface area contributed by atoms with Crippen molar-refractivity contribution in [3.05, 3.63) is 56.8 Å². The van der Waals surface area contributed by atoms with Crippen LogP contribution in [0.5, 0.6) is 0 Å². The van der Waals surface area contributed by atoms with Crippen LogP contribution in [0.2, 0.25) is 0 Å². The number of rotatable bonds is 5. The number of ether oxygens (including phenoxy) is 1. The first-order chi connectivity index (χ1) is 11.6. The lowest BCUT2D eigenvalue weighted by Crippen LogP contribution is -2.36. The SMILES string of the molecule is Cc1cc(C(=O)NCc2ccccc2CN2CCOCC2)c(C)s1. The van der Waals surface area contributed by atoms with Gasteiger partial charge in [-0.2, -0.15) is 0 Å². The summed E-state index contributed by atoms with van der Waals surface area (Å²) >= 11 is 1.67. The van der Waals surface area contributed by atoms with Crippen molar-refractivity contribution in [2.75, 3.05) is 26.3 Å². The van der Waals surface area contributed by atoms with Gasteiger partial charge in [-0.3, -0.25) is 9.69 Å². The van der Waals surface area contributed by atoms with Crippen molar-refractivity contribution in [3.63, 3.8) is 0 Å². The van der Waals surface area contributed by atoms with Gasteiger partial charge in [0.15, 0.2) is 0 Å². The van der Waals surface area contributed by atoms with Gasteiger partial charge in [-0.25, -0.2) is 0 Å². The van der Waals surface area contributed by atoms with Gasteiger partial charge in [-0.15, -0.1) is 11.3 Å². The smallest absolute Gasteiger partial charge is 0.252 e. The van der Waals surface area contributed by atoms with Crippen LogP contribution in [-0.4, -0.2) is 37.1 Å². The van der Waals surface area contributed by atoms with E-state index in [1.807, 2.05) is 26.0 Å². The molecule has 1 aliphatic heterocycles. The number of amides is 1. The Morgan fingerprint density at radius 2 is 1.92 bits per heavy atom. The van der Waals surface area contributed by atoms with Crippen LogP contribution in [0.3, 0.4) is 0 Å². The molecule has 0 bridgehead atoms. The summed E-state index contributed by atoms with van der Waals surface area (Å²) in [5, 5.41) is 3.07. The van der Waals surface area contributed by atoms with Gasteiger partial charge in [-0.05, 0) is 31.0 Å². The lowest BCUT2D eigenvalue weighted by atomic mass is 10.1. The molecule has 4 nitrogen and oxygen atoms in total. The summed E-state index contributed by atoms with van der Waals surface area (Å²) in [7, 11) is 0. The summed E-state index contributed by atoms with van der Waals surface area (Å²) < 4.78 is 5.41. The number of hydrogen-bond donors (Lipinski definition) is 1. The van der Waals surface area contributed by atoms with Crippen LogP contribution in [-0.2, 0) is 17.8 Å². The average Bonchev–Trinajstić information content (AvgIpc) is 2.93. The van der Waals surface area contributed by atoms with E-state index in [0.29, 0.717) is 6.54 Å². The standard InChI is InChI=1S/C19H24N2O2S/c1-14-11-18(15(2)24-14)19(22)20-12-16-5-3-4-6-17(16)13-21-7-9-23-10-8-21/h3-6,11H,7-10,12-13H2,1-2H3,(H,20,22). The fourth-order valence-corrected chi connectivity index (χ4v) is 3.93. The maximum atomic E-state index is 12.4. The first-order valence-electron chi connectivity index (χ1n) is 8.35. The molecule has 1 aromatic carbocycles. The Hall–Kier alpha value is -1.69. The lowest BCUT2D eigenvalue weighted by Gasteiger charge is -2.27. The quantitative estimate of drug-likeness (QED) is 0.906. The first kappa shape index (κ1) is 17.1. The molecule has 1 amide bonds. The summed E-state index contributed by atoms with van der Waals surface area (Å²) in [6.07, 6.45) is 0. The van der Waals surface area contributed by atoms with Crippen LogP contribution in [0.1, 0.15) is 31.2 Å². The van der Waals surface area contributed by atoms with E-state index < -0.39 is 0 Å². The maximum Gasteiger partial charge on any atom is 0.252 e. The number of benzene rings is 1. The number of carbonyl (C=O) groups is 1. The van der Waals surface area contributed by atoms with Crippen molar-refractivity contribution in [2.45, 2.75) is 26.9 Å². The number of aryl methyl sites for hydroxylation is 2. The van der Waals surface area contributed by atoms with E-state index in [-0.39, 0.29) is 5.91 Å². The normalized spacial score (nSPS) is 15.4. The predicted molar refractivity (Wildman–Crippen MR) is 97.5 cm³/mol. The Kier molecular flexibility index (Phi) is 5.66. The van der Waals surface area contributed by atoms with E-state index in [4.69, 9.17) is 4.74 Å². The van der Waals surface area contributed by atoms with Gasteiger partial charge < -0.3 is 10.1 Å². The molecule has 0 radical (unpaired) electrons. The van der Waals surface area contributed by atoms with Crippen molar-refractivity contribution in [3.8, 4) is 0 Å². The van der Waals surface area contributed by atoms with Gasteiger partial charge >= 0.3 is 0 Å². The van der Waals surface area contributed by atoms with Crippen LogP contribution in [0.15, 0.2) is 30.3 Å². The Bertz CT molecular complexity index is 705. The van der Waals surface area contributed by atoms with Crippen LogP contribution in [0.25, 0.3) is 0 Å². The monoisotopic (exact) mass is 344 g/mol. The lowest BCUT2D eigenvalue weighted by molar-refractivity contribution is 0.0340. The van der Waals surface area contributed by atoms with Crippen LogP contribution < -0.4 is 5.32 Å². The number of thiophene rings is 1. The van der Waals surface area contributed by atoms with Crippen molar-refractivity contribution in [1.29, 1.82) is 0 Å². The molecule has 1 N–H and O–H groups in total. The molecule has 128 valence electrons. The van der Waals surface area contributed by atoms with Gasteiger partial charge in [0, 0.05) is 35.9 Å². The molecule has 0 saturated carbocycles. The van der Waals surface area contributed by atoms with Crippen LogP contribution >= 0.6 is 11.3 Å². The summed E-state index contributed by atoms with van der Waals surface area (Å²) in [5.41, 5.74) is 3.25. The second-order valence-electron chi connectivity index (χ2n) is 6.17. The molecule has 2 aromatic rings. The van der Waals surface area contributed by atoms with Gasteiger partial charge in [0.25, 0.3) is 5.91 Å². The Morgan fingerprint density at radius 3 is 2.58 bits per heavy atom. The Balaban J connectivity index is 1.64. The largest absolute Gasteiger partial charge is 0.379 e. The highest BCUT2D eigenvalue weighted by molar-refractivity contribution is 7.12. The van der Waals surface area contributed by atoms with Crippen molar-refractivity contribution in [1.82, 2.24) is 10.2 Å². The highest BCUT2D eigenvalue weighted by Gasteiger charge is 2.14. The van der Waals surface area contributed by atoms with Gasteiger partial charge in [0.2, 0.25) is 0 Å². The highest BCUT2D eigenvalue weighted by Crippen LogP contribution is 2.20. The van der Waals surface area contributed by atoms with Gasteiger partial charge in [-0.1, -0.05) is 24.3 Å². The number of nitrogens with zero attached hydrogens (tertiary/aromatic N) is 1. The summed E-state index contributed by atoms with van der Waals surface area (Å²) in [5.74, 6) is 0.0121. The van der Waals surface area contributed by atoms with E-state index in [1.165, 1.54) is 16.0 Å². The van der Waals surface area contributed by atoms with Crippen LogP contribution in [0.4, 0.5) is 0 Å². The molecule has 1 aliphatic rings. The number of hydrogen-bond acceptors (Lipinski definition) is 4. The van der Waals surface area contributed by atoms with E-state index in [1.54, 1.807) is 11.3 Å². The molecule has 24 heavy (non-hydrogen) atoms. The minimum atomic E-state index is 0.0121. The molecular formula is C19H24N2O2S. The summed E-state index contributed by atoms with van der Waals surface area (Å²) in [6.45, 7) is 9.04. The third-order valence-electron chi connectivity index (χ3n) is 4.34. The molecule has 1 fully saturated rings. The molecule has 0 spiro atoms. The average molecular weight is 344 g/mol. The highest BCUT2D eigenvalue weighted by atomic mass is 32.1. The molecule has 0 unspecified atom stereocenters. The van der Waals surface area contributed by atoms with E-state index in [2.05, 4.69) is 28.4 Å². The van der Waals surface area contributed by atoms with Crippen molar-refractivity contribution < 1.29 is 9.53 Å². The van der Waals surface area contributed by atoms with Crippen LogP contribution in [0, 0.1) is 13.8 Å². The molecule has 0 atom stereocenters. The first-order valence-corrected chi connectivity index (χ1v) is 9.17. The van der Waals surface area contributed by atoms with Gasteiger partial charge in [0.05, 0.1) is 18.8 Å².